The molecule has 0 radical (unpaired) electrons. The van der Waals surface area contributed by atoms with E-state index in [4.69, 9.17) is 21.1 Å². The van der Waals surface area contributed by atoms with Crippen LogP contribution < -0.4 is 9.47 Å². The predicted octanol–water partition coefficient (Wildman–Crippen LogP) is 6.32. The van der Waals surface area contributed by atoms with E-state index in [-0.39, 0.29) is 78.5 Å². The van der Waals surface area contributed by atoms with Crippen molar-refractivity contribution in [2.75, 3.05) is 20.2 Å². The van der Waals surface area contributed by atoms with Gasteiger partial charge in [0.05, 0.1) is 18.7 Å². The summed E-state index contributed by atoms with van der Waals surface area (Å²) in [6.45, 7) is 5.86. The van der Waals surface area contributed by atoms with Crippen molar-refractivity contribution in [3.63, 3.8) is 0 Å². The quantitative estimate of drug-likeness (QED) is 0.0727. The molecule has 1 aliphatic rings. The van der Waals surface area contributed by atoms with E-state index in [2.05, 4.69) is 64.5 Å². The Kier molecular flexibility index (Phi) is 19.9. The average Bonchev–Trinajstić information content (AvgIpc) is 3.61. The summed E-state index contributed by atoms with van der Waals surface area (Å²) in [7, 11) is 1.57. The Morgan fingerprint density at radius 3 is 1.70 bits per heavy atom. The monoisotopic (exact) mass is 981 g/mol. The highest BCUT2D eigenvalue weighted by molar-refractivity contribution is 6.28. The summed E-state index contributed by atoms with van der Waals surface area (Å²) in [4.78, 5) is 71.0. The molecule has 70 heavy (non-hydrogen) atoms. The number of likely N-dealkylation sites (N-methyl/N-ethyl adjacent to an activating group) is 1. The highest BCUT2D eigenvalue weighted by atomic mass is 35.5. The number of carbonyl (C=O) groups is 2. The maximum Gasteiger partial charge on any atom is 0.373 e. The van der Waals surface area contributed by atoms with Crippen molar-refractivity contribution in [2.24, 2.45) is 0 Å². The Bertz CT molecular complexity index is 2870. The van der Waals surface area contributed by atoms with E-state index in [1.54, 1.807) is 57.3 Å². The number of hydrogen-bond donors (Lipinski definition) is 2. The van der Waals surface area contributed by atoms with Gasteiger partial charge < -0.3 is 29.3 Å². The molecule has 4 aromatic heterocycles. The number of nitrogens with zero attached hydrogens (tertiary/aromatic N) is 13. The number of benzene rings is 3. The van der Waals surface area contributed by atoms with Crippen LogP contribution in [0.3, 0.4) is 0 Å². The van der Waals surface area contributed by atoms with Crippen LogP contribution in [0.25, 0.3) is 11.6 Å². The zero-order chi connectivity index (χ0) is 50.4. The van der Waals surface area contributed by atoms with E-state index in [9.17, 15) is 33.0 Å². The zero-order valence-corrected chi connectivity index (χ0v) is 38.6. The van der Waals surface area contributed by atoms with Gasteiger partial charge >= 0.3 is 18.0 Å². The molecule has 3 aromatic carbocycles. The number of hydrogen-bond acceptors (Lipinski definition) is 19. The fourth-order valence-corrected chi connectivity index (χ4v) is 5.61. The van der Waals surface area contributed by atoms with E-state index in [1.165, 1.54) is 66.6 Å². The van der Waals surface area contributed by atoms with Crippen molar-refractivity contribution >= 4 is 35.1 Å². The number of aliphatic hydroxyl groups excluding tert-OH is 2. The van der Waals surface area contributed by atoms with E-state index >= 15 is 0 Å². The van der Waals surface area contributed by atoms with Crippen LogP contribution in [0.2, 0.25) is 5.28 Å². The van der Waals surface area contributed by atoms with Crippen LogP contribution in [0.15, 0.2) is 110 Å². The predicted molar refractivity (Wildman–Crippen MR) is 243 cm³/mol. The first kappa shape index (κ1) is 52.4. The summed E-state index contributed by atoms with van der Waals surface area (Å²) in [5, 5.41) is 19.6. The van der Waals surface area contributed by atoms with Gasteiger partial charge in [-0.3, -0.25) is 4.79 Å². The molecule has 0 spiro atoms. The molecular formula is C46H43ClF3N13O7. The zero-order valence-electron chi connectivity index (χ0n) is 37.8. The smallest absolute Gasteiger partial charge is 0.373 e. The molecule has 8 rings (SSSR count). The first-order valence-electron chi connectivity index (χ1n) is 20.7. The molecule has 20 nitrogen and oxygen atoms in total. The molecule has 5 heterocycles. The van der Waals surface area contributed by atoms with Crippen molar-refractivity contribution in [3.8, 4) is 12.0 Å². The number of aryl methyl sites for hydroxylation is 4. The number of amides is 1. The minimum atomic E-state index is -0.873. The Hall–Kier alpha value is -8.60. The highest BCUT2D eigenvalue weighted by Gasteiger charge is 2.30. The summed E-state index contributed by atoms with van der Waals surface area (Å²) in [5.41, 5.74) is 2.90. The van der Waals surface area contributed by atoms with Gasteiger partial charge in [-0.1, -0.05) is 36.4 Å². The number of aliphatic hydroxyl groups is 2. The molecule has 0 unspecified atom stereocenters. The third-order valence-corrected chi connectivity index (χ3v) is 9.07. The summed E-state index contributed by atoms with van der Waals surface area (Å²) in [5.74, 6) is -0.847. The van der Waals surface area contributed by atoms with E-state index in [0.29, 0.717) is 11.4 Å². The summed E-state index contributed by atoms with van der Waals surface area (Å²) in [6, 6.07) is 18.2. The molecule has 1 aliphatic heterocycles. The molecule has 1 amide bonds. The van der Waals surface area contributed by atoms with Gasteiger partial charge in [0.1, 0.15) is 73.4 Å². The summed E-state index contributed by atoms with van der Waals surface area (Å²) in [6.07, 6.45) is 7.92. The Balaban J connectivity index is 0.000000183. The second-order valence-corrected chi connectivity index (χ2v) is 14.5. The Morgan fingerprint density at radius 2 is 1.20 bits per heavy atom. The van der Waals surface area contributed by atoms with Crippen molar-refractivity contribution in [3.05, 3.63) is 178 Å². The van der Waals surface area contributed by atoms with Crippen molar-refractivity contribution in [1.82, 2.24) is 64.7 Å². The number of halogens is 4. The van der Waals surface area contributed by atoms with E-state index in [0.717, 1.165) is 47.3 Å². The lowest BCUT2D eigenvalue weighted by Gasteiger charge is -2.07. The van der Waals surface area contributed by atoms with Gasteiger partial charge in [-0.15, -0.1) is 0 Å². The first-order chi connectivity index (χ1) is 33.6. The average molecular weight is 982 g/mol. The van der Waals surface area contributed by atoms with Gasteiger partial charge in [0.25, 0.3) is 5.91 Å². The van der Waals surface area contributed by atoms with Gasteiger partial charge in [0, 0.05) is 19.5 Å². The summed E-state index contributed by atoms with van der Waals surface area (Å²) >= 11 is 5.38. The number of esters is 1. The highest BCUT2D eigenvalue weighted by Crippen LogP contribution is 2.23. The second kappa shape index (κ2) is 26.7. The topological polar surface area (TPSA) is 260 Å². The second-order valence-electron chi connectivity index (χ2n) is 14.2. The lowest BCUT2D eigenvalue weighted by Crippen LogP contribution is -2.21. The number of carbonyl (C=O) groups excluding carboxylic acids is 2. The van der Waals surface area contributed by atoms with Crippen molar-refractivity contribution in [2.45, 2.75) is 46.8 Å². The molecule has 0 saturated heterocycles. The van der Waals surface area contributed by atoms with E-state index in [1.807, 2.05) is 6.92 Å². The van der Waals surface area contributed by atoms with Gasteiger partial charge in [-0.2, -0.15) is 19.9 Å². The van der Waals surface area contributed by atoms with Crippen molar-refractivity contribution in [1.29, 1.82) is 0 Å². The van der Waals surface area contributed by atoms with Crippen LogP contribution in [0.1, 0.15) is 52.7 Å². The van der Waals surface area contributed by atoms with Gasteiger partial charge in [-0.05, 0) is 91.9 Å². The fourth-order valence-electron chi connectivity index (χ4n) is 5.44. The normalized spacial score (nSPS) is 11.9. The Morgan fingerprint density at radius 1 is 0.686 bits per heavy atom. The van der Waals surface area contributed by atoms with Crippen LogP contribution in [-0.2, 0) is 40.4 Å². The number of aromatic nitrogens is 12. The maximum absolute atomic E-state index is 12.8. The lowest BCUT2D eigenvalue weighted by atomic mass is 10.1. The molecule has 0 saturated carbocycles. The molecule has 2 N–H and O–H groups in total. The minimum Gasteiger partial charge on any atom is -0.503 e. The van der Waals surface area contributed by atoms with Gasteiger partial charge in [-0.25, -0.2) is 57.8 Å². The first-order valence-corrected chi connectivity index (χ1v) is 21.1. The minimum absolute atomic E-state index is 0.00670. The maximum atomic E-state index is 12.8. The lowest BCUT2D eigenvalue weighted by molar-refractivity contribution is -0.141. The third-order valence-electron chi connectivity index (χ3n) is 8.89. The van der Waals surface area contributed by atoms with Crippen LogP contribution in [0.4, 0.5) is 13.2 Å². The third kappa shape index (κ3) is 17.6. The van der Waals surface area contributed by atoms with Gasteiger partial charge in [0.15, 0.2) is 17.4 Å². The van der Waals surface area contributed by atoms with Crippen molar-refractivity contribution < 1.29 is 47.2 Å². The number of ether oxygens (including phenoxy) is 3. The van der Waals surface area contributed by atoms with Crippen LogP contribution in [-0.4, -0.2) is 107 Å². The fraction of sp³-hybridized carbons (Fsp3) is 0.217. The van der Waals surface area contributed by atoms with Gasteiger partial charge in [0.2, 0.25) is 11.0 Å². The standard InChI is InChI=1S/C15H13FN4O3.C15H14FN3O4.C12H12FN3.C4H4ClN3/c1-20-6-11(12(21)14(20)22)13-17-8-18-15(19-13)23-7-9-2-4-10(16)5-3-9;1-2-22-14(21)12(20)7-13-17-9-18-15(19-13)23-8-10-3-5-11(16)6-4-10;1-9-14-8-15-12(16-9)7-4-10-2-5-11(13)6-3-10;1-3-6-2-7-4(5)8-3/h2-5,8,21H,6-7H2,1H3;3-7,9,20H,2,8H2,1H3;2-3,5-6,8H,4,7H2,1H3;2H,1H3/b;12-7-;;. The van der Waals surface area contributed by atoms with Crippen LogP contribution in [0.5, 0.6) is 12.0 Å². The number of rotatable bonds is 13. The molecule has 7 aromatic rings. The molecule has 0 atom stereocenters. The largest absolute Gasteiger partial charge is 0.503 e. The molecular weight excluding hydrogens is 939 g/mol. The summed E-state index contributed by atoms with van der Waals surface area (Å²) < 4.78 is 53.7. The molecule has 0 fully saturated rings. The van der Waals surface area contributed by atoms with Crippen LogP contribution >= 0.6 is 11.6 Å². The Labute approximate surface area is 403 Å². The van der Waals surface area contributed by atoms with Crippen LogP contribution in [0, 0.1) is 31.3 Å². The molecule has 362 valence electrons. The molecule has 0 aliphatic carbocycles. The SMILES string of the molecule is CCOC(=O)/C(O)=C/c1ncnc(OCc2ccc(F)cc2)n1.CN1CC(c2ncnc(OCc3ccc(F)cc3)n2)=C(O)C1=O.Cc1ncnc(CCc2ccc(F)cc2)n1.Cc1ncnc(Cl)n1. The van der Waals surface area contributed by atoms with E-state index < -0.39 is 17.6 Å². The molecule has 24 heteroatoms. The molecule has 0 bridgehead atoms.